The molecule has 2 aromatic rings. The molecule has 0 radical (unpaired) electrons. The van der Waals surface area contributed by atoms with Gasteiger partial charge >= 0.3 is 0 Å². The number of benzene rings is 2. The molecule has 6 nitrogen and oxygen atoms in total. The minimum atomic E-state index is -3.67. The molecule has 0 heterocycles. The summed E-state index contributed by atoms with van der Waals surface area (Å²) >= 11 is 0. The number of anilines is 1. The Bertz CT molecular complexity index is 759. The van der Waals surface area contributed by atoms with Gasteiger partial charge in [-0.2, -0.15) is 0 Å². The van der Waals surface area contributed by atoms with Crippen molar-refractivity contribution in [2.24, 2.45) is 0 Å². The number of rotatable bonds is 5. The SMILES string of the molecule is CN(C)NC(=O)c1cccc(NS(=O)(=O)c2ccccc2)c1. The summed E-state index contributed by atoms with van der Waals surface area (Å²) < 4.78 is 26.9. The van der Waals surface area contributed by atoms with Crippen LogP contribution < -0.4 is 10.1 Å². The minimum absolute atomic E-state index is 0.165. The van der Waals surface area contributed by atoms with E-state index in [-0.39, 0.29) is 10.8 Å². The molecule has 0 aliphatic rings. The molecule has 2 N–H and O–H groups in total. The van der Waals surface area contributed by atoms with Gasteiger partial charge in [0, 0.05) is 25.3 Å². The van der Waals surface area contributed by atoms with Gasteiger partial charge in [0.2, 0.25) is 0 Å². The van der Waals surface area contributed by atoms with E-state index in [1.54, 1.807) is 50.5 Å². The Hall–Kier alpha value is -2.38. The standard InChI is InChI=1S/C15H17N3O3S/c1-18(2)16-15(19)12-7-6-8-13(11-12)17-22(20,21)14-9-4-3-5-10-14/h3-11,17H,1-2H3,(H,16,19). The van der Waals surface area contributed by atoms with Crippen molar-refractivity contribution in [3.05, 3.63) is 60.2 Å². The van der Waals surface area contributed by atoms with Crippen molar-refractivity contribution in [3.63, 3.8) is 0 Å². The Labute approximate surface area is 129 Å². The first-order valence-electron chi connectivity index (χ1n) is 6.55. The van der Waals surface area contributed by atoms with E-state index in [0.29, 0.717) is 11.3 Å². The summed E-state index contributed by atoms with van der Waals surface area (Å²) in [7, 11) is -0.282. The zero-order valence-corrected chi connectivity index (χ0v) is 13.1. The number of hydrazine groups is 1. The molecule has 0 fully saturated rings. The van der Waals surface area contributed by atoms with E-state index < -0.39 is 10.0 Å². The third kappa shape index (κ3) is 4.06. The minimum Gasteiger partial charge on any atom is -0.285 e. The van der Waals surface area contributed by atoms with Gasteiger partial charge in [-0.3, -0.25) is 14.9 Å². The first-order valence-corrected chi connectivity index (χ1v) is 8.03. The van der Waals surface area contributed by atoms with Crippen LogP contribution in [0.4, 0.5) is 5.69 Å². The second kappa shape index (κ2) is 6.59. The number of hydrogen-bond acceptors (Lipinski definition) is 4. The fourth-order valence-electron chi connectivity index (χ4n) is 1.81. The lowest BCUT2D eigenvalue weighted by Gasteiger charge is -2.13. The van der Waals surface area contributed by atoms with E-state index >= 15 is 0 Å². The van der Waals surface area contributed by atoms with Crippen LogP contribution in [0.5, 0.6) is 0 Å². The number of amides is 1. The van der Waals surface area contributed by atoms with Gasteiger partial charge in [0.15, 0.2) is 0 Å². The highest BCUT2D eigenvalue weighted by Crippen LogP contribution is 2.17. The summed E-state index contributed by atoms with van der Waals surface area (Å²) in [4.78, 5) is 12.1. The molecular weight excluding hydrogens is 302 g/mol. The van der Waals surface area contributed by atoms with E-state index in [4.69, 9.17) is 0 Å². The van der Waals surface area contributed by atoms with Gasteiger partial charge in [-0.15, -0.1) is 0 Å². The number of carbonyl (C=O) groups excluding carboxylic acids is 1. The van der Waals surface area contributed by atoms with E-state index in [9.17, 15) is 13.2 Å². The van der Waals surface area contributed by atoms with E-state index in [0.717, 1.165) is 0 Å². The molecule has 116 valence electrons. The van der Waals surface area contributed by atoms with Crippen molar-refractivity contribution in [1.82, 2.24) is 10.4 Å². The number of carbonyl (C=O) groups is 1. The van der Waals surface area contributed by atoms with Crippen LogP contribution >= 0.6 is 0 Å². The van der Waals surface area contributed by atoms with E-state index in [1.807, 2.05) is 0 Å². The molecule has 0 atom stereocenters. The van der Waals surface area contributed by atoms with Crippen LogP contribution in [0, 0.1) is 0 Å². The molecule has 0 aliphatic heterocycles. The maximum atomic E-state index is 12.2. The summed E-state index contributed by atoms with van der Waals surface area (Å²) in [6.07, 6.45) is 0. The first-order chi connectivity index (χ1) is 10.4. The van der Waals surface area contributed by atoms with Crippen LogP contribution in [0.2, 0.25) is 0 Å². The predicted molar refractivity (Wildman–Crippen MR) is 84.8 cm³/mol. The molecule has 1 amide bonds. The second-order valence-electron chi connectivity index (χ2n) is 4.83. The smallest absolute Gasteiger partial charge is 0.265 e. The maximum Gasteiger partial charge on any atom is 0.265 e. The van der Waals surface area contributed by atoms with Gasteiger partial charge in [-0.1, -0.05) is 24.3 Å². The average Bonchev–Trinajstić information content (AvgIpc) is 2.47. The molecule has 0 unspecified atom stereocenters. The number of sulfonamides is 1. The number of nitrogens with zero attached hydrogens (tertiary/aromatic N) is 1. The molecule has 0 spiro atoms. The third-order valence-corrected chi connectivity index (χ3v) is 4.15. The van der Waals surface area contributed by atoms with Crippen molar-refractivity contribution >= 4 is 21.6 Å². The summed E-state index contributed by atoms with van der Waals surface area (Å²) in [5.74, 6) is -0.314. The predicted octanol–water partition coefficient (Wildman–Crippen LogP) is 1.69. The van der Waals surface area contributed by atoms with E-state index in [2.05, 4.69) is 10.1 Å². The Balaban J connectivity index is 2.22. The van der Waals surface area contributed by atoms with Crippen LogP contribution in [0.1, 0.15) is 10.4 Å². The van der Waals surface area contributed by atoms with Gasteiger partial charge in [0.25, 0.3) is 15.9 Å². The van der Waals surface area contributed by atoms with Crippen LogP contribution in [-0.2, 0) is 10.0 Å². The van der Waals surface area contributed by atoms with Crippen LogP contribution in [-0.4, -0.2) is 33.4 Å². The molecule has 0 aromatic heterocycles. The Morgan fingerprint density at radius 2 is 1.68 bits per heavy atom. The first kappa shape index (κ1) is 16.0. The summed E-state index contributed by atoms with van der Waals surface area (Å²) in [6, 6.07) is 14.4. The molecule has 0 aliphatic carbocycles. The fourth-order valence-corrected chi connectivity index (χ4v) is 2.88. The van der Waals surface area contributed by atoms with Gasteiger partial charge < -0.3 is 0 Å². The van der Waals surface area contributed by atoms with Gasteiger partial charge in [0.05, 0.1) is 4.90 Å². The molecule has 22 heavy (non-hydrogen) atoms. The fraction of sp³-hybridized carbons (Fsp3) is 0.133. The highest BCUT2D eigenvalue weighted by molar-refractivity contribution is 7.92. The van der Waals surface area contributed by atoms with Gasteiger partial charge in [-0.25, -0.2) is 13.4 Å². The highest BCUT2D eigenvalue weighted by Gasteiger charge is 2.14. The monoisotopic (exact) mass is 319 g/mol. The lowest BCUT2D eigenvalue weighted by Crippen LogP contribution is -2.36. The number of hydrogen-bond donors (Lipinski definition) is 2. The maximum absolute atomic E-state index is 12.2. The van der Waals surface area contributed by atoms with Gasteiger partial charge in [0.1, 0.15) is 0 Å². The zero-order valence-electron chi connectivity index (χ0n) is 12.3. The molecule has 2 aromatic carbocycles. The third-order valence-electron chi connectivity index (χ3n) is 2.76. The molecule has 0 bridgehead atoms. The van der Waals surface area contributed by atoms with Crippen molar-refractivity contribution in [3.8, 4) is 0 Å². The Kier molecular flexibility index (Phi) is 4.79. The van der Waals surface area contributed by atoms with Crippen LogP contribution in [0.25, 0.3) is 0 Å². The molecule has 2 rings (SSSR count). The van der Waals surface area contributed by atoms with Crippen molar-refractivity contribution in [2.75, 3.05) is 18.8 Å². The van der Waals surface area contributed by atoms with E-state index in [1.165, 1.54) is 23.2 Å². The average molecular weight is 319 g/mol. The molecular formula is C15H17N3O3S. The lowest BCUT2D eigenvalue weighted by molar-refractivity contribution is 0.0857. The summed E-state index contributed by atoms with van der Waals surface area (Å²) in [6.45, 7) is 0. The number of nitrogens with one attached hydrogen (secondary N) is 2. The summed E-state index contributed by atoms with van der Waals surface area (Å²) in [5.41, 5.74) is 3.29. The largest absolute Gasteiger partial charge is 0.285 e. The van der Waals surface area contributed by atoms with Crippen molar-refractivity contribution < 1.29 is 13.2 Å². The van der Waals surface area contributed by atoms with Crippen molar-refractivity contribution in [2.45, 2.75) is 4.90 Å². The lowest BCUT2D eigenvalue weighted by atomic mass is 10.2. The van der Waals surface area contributed by atoms with Crippen LogP contribution in [0.3, 0.4) is 0 Å². The molecule has 7 heteroatoms. The zero-order chi connectivity index (χ0) is 16.2. The molecule has 0 saturated carbocycles. The second-order valence-corrected chi connectivity index (χ2v) is 6.52. The quantitative estimate of drug-likeness (QED) is 0.822. The molecule has 0 saturated heterocycles. The van der Waals surface area contributed by atoms with Gasteiger partial charge in [-0.05, 0) is 30.3 Å². The Morgan fingerprint density at radius 1 is 1.00 bits per heavy atom. The van der Waals surface area contributed by atoms with Crippen LogP contribution in [0.15, 0.2) is 59.5 Å². The topological polar surface area (TPSA) is 78.5 Å². The normalized spacial score (nSPS) is 11.2. The summed E-state index contributed by atoms with van der Waals surface area (Å²) in [5, 5.41) is 1.52. The highest BCUT2D eigenvalue weighted by atomic mass is 32.2. The Morgan fingerprint density at radius 3 is 2.32 bits per heavy atom. The van der Waals surface area contributed by atoms with Crippen molar-refractivity contribution in [1.29, 1.82) is 0 Å².